The fourth-order valence-corrected chi connectivity index (χ4v) is 2.15. The van der Waals surface area contributed by atoms with E-state index < -0.39 is 11.9 Å². The van der Waals surface area contributed by atoms with Crippen LogP contribution in [0.25, 0.3) is 0 Å². The van der Waals surface area contributed by atoms with Crippen LogP contribution >= 0.6 is 11.6 Å². The molecule has 0 aliphatic heterocycles. The van der Waals surface area contributed by atoms with Gasteiger partial charge in [-0.05, 0) is 34.1 Å². The summed E-state index contributed by atoms with van der Waals surface area (Å²) < 4.78 is 0. The summed E-state index contributed by atoms with van der Waals surface area (Å²) in [5, 5.41) is 5.60. The maximum Gasteiger partial charge on any atom is 0.272 e. The highest BCUT2D eigenvalue weighted by Gasteiger charge is 2.21. The lowest BCUT2D eigenvalue weighted by Gasteiger charge is -2.20. The number of hydrogen-bond donors (Lipinski definition) is 2. The first-order chi connectivity index (χ1) is 11.3. The number of halogens is 1. The van der Waals surface area contributed by atoms with E-state index in [-0.39, 0.29) is 22.7 Å². The van der Waals surface area contributed by atoms with Gasteiger partial charge in [-0.15, -0.1) is 0 Å². The molecule has 1 aromatic heterocycles. The van der Waals surface area contributed by atoms with Crippen molar-refractivity contribution in [2.24, 2.45) is 0 Å². The molecule has 2 N–H and O–H groups in total. The zero-order valence-electron chi connectivity index (χ0n) is 14.9. The molecule has 0 spiro atoms. The highest BCUT2D eigenvalue weighted by molar-refractivity contribution is 6.33. The first-order valence-corrected chi connectivity index (χ1v) is 8.60. The van der Waals surface area contributed by atoms with Gasteiger partial charge in [0.1, 0.15) is 6.04 Å². The second-order valence-corrected chi connectivity index (χ2v) is 5.96. The fourth-order valence-electron chi connectivity index (χ4n) is 1.98. The summed E-state index contributed by atoms with van der Waals surface area (Å²) >= 11 is 6.05. The van der Waals surface area contributed by atoms with Crippen LogP contribution in [0.2, 0.25) is 5.02 Å². The highest BCUT2D eigenvalue weighted by atomic mass is 35.5. The van der Waals surface area contributed by atoms with Crippen molar-refractivity contribution in [1.82, 2.24) is 20.6 Å². The molecule has 0 saturated carbocycles. The van der Waals surface area contributed by atoms with Crippen molar-refractivity contribution in [3.63, 3.8) is 0 Å². The van der Waals surface area contributed by atoms with Crippen molar-refractivity contribution < 1.29 is 9.59 Å². The predicted molar refractivity (Wildman–Crippen MR) is 95.4 cm³/mol. The second-order valence-electron chi connectivity index (χ2n) is 5.55. The molecule has 0 saturated heterocycles. The van der Waals surface area contributed by atoms with Crippen LogP contribution in [0.4, 0.5) is 5.95 Å². The zero-order chi connectivity index (χ0) is 18.3. The highest BCUT2D eigenvalue weighted by Crippen LogP contribution is 2.16. The standard InChI is InChI=1S/C16H26ClN5O2/c1-6-10(4)19-14(23)11(5)20-15(24)13-12(17)9-18-16(21-13)22(7-2)8-3/h9-11H,6-8H2,1-5H3,(H,19,23)(H,20,24). The van der Waals surface area contributed by atoms with Gasteiger partial charge in [-0.25, -0.2) is 9.97 Å². The summed E-state index contributed by atoms with van der Waals surface area (Å²) in [5.41, 5.74) is 0.0664. The largest absolute Gasteiger partial charge is 0.352 e. The molecule has 0 aliphatic carbocycles. The Balaban J connectivity index is 2.87. The van der Waals surface area contributed by atoms with Crippen molar-refractivity contribution in [2.75, 3.05) is 18.0 Å². The molecule has 134 valence electrons. The normalized spacial score (nSPS) is 13.1. The van der Waals surface area contributed by atoms with Gasteiger partial charge in [0, 0.05) is 19.1 Å². The first-order valence-electron chi connectivity index (χ1n) is 8.22. The minimum absolute atomic E-state index is 0.0498. The number of hydrogen-bond acceptors (Lipinski definition) is 5. The molecule has 8 heteroatoms. The number of carbonyl (C=O) groups is 2. The van der Waals surface area contributed by atoms with Crippen LogP contribution in [-0.4, -0.2) is 47.0 Å². The molecule has 0 radical (unpaired) electrons. The van der Waals surface area contributed by atoms with E-state index in [2.05, 4.69) is 20.6 Å². The Morgan fingerprint density at radius 3 is 2.38 bits per heavy atom. The summed E-state index contributed by atoms with van der Waals surface area (Å²) in [6.07, 6.45) is 2.22. The van der Waals surface area contributed by atoms with Gasteiger partial charge in [0.2, 0.25) is 11.9 Å². The Bertz CT molecular complexity index is 578. The zero-order valence-corrected chi connectivity index (χ0v) is 15.6. The number of carbonyl (C=O) groups excluding carboxylic acids is 2. The summed E-state index contributed by atoms with van der Waals surface area (Å²) in [6, 6.07) is -0.636. The number of anilines is 1. The van der Waals surface area contributed by atoms with Gasteiger partial charge < -0.3 is 15.5 Å². The molecule has 2 amide bonds. The van der Waals surface area contributed by atoms with Crippen LogP contribution < -0.4 is 15.5 Å². The van der Waals surface area contributed by atoms with E-state index in [1.807, 2.05) is 32.6 Å². The van der Waals surface area contributed by atoms with Gasteiger partial charge in [-0.3, -0.25) is 9.59 Å². The summed E-state index contributed by atoms with van der Waals surface area (Å²) in [5.74, 6) is -0.305. The van der Waals surface area contributed by atoms with Crippen LogP contribution in [0, 0.1) is 0 Å². The van der Waals surface area contributed by atoms with Crippen molar-refractivity contribution in [2.45, 2.75) is 53.1 Å². The molecule has 2 unspecified atom stereocenters. The Morgan fingerprint density at radius 2 is 1.83 bits per heavy atom. The van der Waals surface area contributed by atoms with E-state index in [0.717, 1.165) is 6.42 Å². The molecule has 0 aromatic carbocycles. The molecule has 0 fully saturated rings. The lowest BCUT2D eigenvalue weighted by molar-refractivity contribution is -0.123. The lowest BCUT2D eigenvalue weighted by atomic mass is 10.2. The molecule has 0 bridgehead atoms. The van der Waals surface area contributed by atoms with Gasteiger partial charge in [0.15, 0.2) is 5.69 Å². The van der Waals surface area contributed by atoms with E-state index >= 15 is 0 Å². The van der Waals surface area contributed by atoms with Gasteiger partial charge >= 0.3 is 0 Å². The third-order valence-electron chi connectivity index (χ3n) is 3.73. The summed E-state index contributed by atoms with van der Waals surface area (Å²) in [6.45, 7) is 10.9. The number of aromatic nitrogens is 2. The average molecular weight is 356 g/mol. The summed E-state index contributed by atoms with van der Waals surface area (Å²) in [7, 11) is 0. The Labute approximate surface area is 148 Å². The number of amides is 2. The van der Waals surface area contributed by atoms with E-state index in [1.54, 1.807) is 6.92 Å². The van der Waals surface area contributed by atoms with Crippen molar-refractivity contribution in [3.05, 3.63) is 16.9 Å². The van der Waals surface area contributed by atoms with Crippen LogP contribution in [-0.2, 0) is 4.79 Å². The third-order valence-corrected chi connectivity index (χ3v) is 4.01. The minimum Gasteiger partial charge on any atom is -0.352 e. The van der Waals surface area contributed by atoms with Crippen molar-refractivity contribution in [1.29, 1.82) is 0 Å². The molecule has 1 rings (SSSR count). The maximum atomic E-state index is 12.4. The van der Waals surface area contributed by atoms with E-state index in [0.29, 0.717) is 19.0 Å². The van der Waals surface area contributed by atoms with Crippen LogP contribution in [0.3, 0.4) is 0 Å². The molecule has 0 aliphatic rings. The van der Waals surface area contributed by atoms with E-state index in [4.69, 9.17) is 11.6 Å². The average Bonchev–Trinajstić information content (AvgIpc) is 2.56. The molecule has 24 heavy (non-hydrogen) atoms. The monoisotopic (exact) mass is 355 g/mol. The Morgan fingerprint density at radius 1 is 1.21 bits per heavy atom. The summed E-state index contributed by atoms with van der Waals surface area (Å²) in [4.78, 5) is 34.7. The third kappa shape index (κ3) is 5.33. The lowest BCUT2D eigenvalue weighted by Crippen LogP contribution is -2.47. The predicted octanol–water partition coefficient (Wildman–Crippen LogP) is 2.01. The minimum atomic E-state index is -0.686. The molecule has 1 heterocycles. The Hall–Kier alpha value is -1.89. The van der Waals surface area contributed by atoms with E-state index in [9.17, 15) is 9.59 Å². The first kappa shape index (κ1) is 20.2. The Kier molecular flexibility index (Phi) is 7.91. The number of nitrogens with one attached hydrogen (secondary N) is 2. The molecular formula is C16H26ClN5O2. The van der Waals surface area contributed by atoms with Gasteiger partial charge in [-0.2, -0.15) is 0 Å². The number of rotatable bonds is 8. The smallest absolute Gasteiger partial charge is 0.272 e. The molecule has 1 aromatic rings. The van der Waals surface area contributed by atoms with Crippen molar-refractivity contribution >= 4 is 29.4 Å². The van der Waals surface area contributed by atoms with Gasteiger partial charge in [0.25, 0.3) is 5.91 Å². The molecule has 2 atom stereocenters. The molecular weight excluding hydrogens is 330 g/mol. The van der Waals surface area contributed by atoms with Gasteiger partial charge in [0.05, 0.1) is 11.2 Å². The fraction of sp³-hybridized carbons (Fsp3) is 0.625. The van der Waals surface area contributed by atoms with Gasteiger partial charge in [-0.1, -0.05) is 18.5 Å². The number of nitrogens with zero attached hydrogens (tertiary/aromatic N) is 3. The topological polar surface area (TPSA) is 87.2 Å². The maximum absolute atomic E-state index is 12.4. The quantitative estimate of drug-likeness (QED) is 0.744. The van der Waals surface area contributed by atoms with Crippen LogP contribution in [0.1, 0.15) is 51.5 Å². The van der Waals surface area contributed by atoms with Crippen LogP contribution in [0.15, 0.2) is 6.20 Å². The van der Waals surface area contributed by atoms with Crippen LogP contribution in [0.5, 0.6) is 0 Å². The van der Waals surface area contributed by atoms with E-state index in [1.165, 1.54) is 6.20 Å². The van der Waals surface area contributed by atoms with Crippen molar-refractivity contribution in [3.8, 4) is 0 Å². The SMILES string of the molecule is CCC(C)NC(=O)C(C)NC(=O)c1nc(N(CC)CC)ncc1Cl. The second kappa shape index (κ2) is 9.42. The molecule has 7 nitrogen and oxygen atoms in total.